The standard InChI is InChI=1S/C13H18/c1-5-13-7-6-12(8-10(2)3)9-11(13)4/h6-7,9H,2,5,8H2,1,3-4H3. The van der Waals surface area contributed by atoms with E-state index in [-0.39, 0.29) is 0 Å². The molecule has 0 aliphatic carbocycles. The summed E-state index contributed by atoms with van der Waals surface area (Å²) < 4.78 is 0. The van der Waals surface area contributed by atoms with E-state index in [2.05, 4.69) is 45.5 Å². The highest BCUT2D eigenvalue weighted by Crippen LogP contribution is 2.13. The average Bonchev–Trinajstić information content (AvgIpc) is 2.03. The van der Waals surface area contributed by atoms with Gasteiger partial charge >= 0.3 is 0 Å². The maximum absolute atomic E-state index is 3.92. The predicted octanol–water partition coefficient (Wildman–Crippen LogP) is 3.68. The van der Waals surface area contributed by atoms with E-state index in [0.717, 1.165) is 12.8 Å². The van der Waals surface area contributed by atoms with E-state index in [1.54, 1.807) is 0 Å². The Morgan fingerprint density at radius 2 is 2.08 bits per heavy atom. The van der Waals surface area contributed by atoms with Crippen LogP contribution in [0.1, 0.15) is 30.5 Å². The summed E-state index contributed by atoms with van der Waals surface area (Å²) in [5.41, 5.74) is 5.46. The van der Waals surface area contributed by atoms with Crippen LogP contribution in [0.15, 0.2) is 30.4 Å². The quantitative estimate of drug-likeness (QED) is 0.613. The van der Waals surface area contributed by atoms with Crippen LogP contribution in [0.4, 0.5) is 0 Å². The van der Waals surface area contributed by atoms with Crippen LogP contribution in [-0.2, 0) is 12.8 Å². The fourth-order valence-corrected chi connectivity index (χ4v) is 1.61. The van der Waals surface area contributed by atoms with Crippen LogP contribution in [0.5, 0.6) is 0 Å². The molecule has 0 amide bonds. The van der Waals surface area contributed by atoms with Crippen LogP contribution >= 0.6 is 0 Å². The van der Waals surface area contributed by atoms with Gasteiger partial charge in [-0.2, -0.15) is 0 Å². The Morgan fingerprint density at radius 1 is 1.38 bits per heavy atom. The van der Waals surface area contributed by atoms with E-state index in [4.69, 9.17) is 0 Å². The van der Waals surface area contributed by atoms with Gasteiger partial charge in [0.1, 0.15) is 0 Å². The minimum absolute atomic E-state index is 1.00. The lowest BCUT2D eigenvalue weighted by molar-refractivity contribution is 1.08. The lowest BCUT2D eigenvalue weighted by Gasteiger charge is -2.06. The Labute approximate surface area is 81.3 Å². The van der Waals surface area contributed by atoms with Crippen LogP contribution in [0.25, 0.3) is 0 Å². The summed E-state index contributed by atoms with van der Waals surface area (Å²) in [6.07, 6.45) is 2.13. The van der Waals surface area contributed by atoms with Gasteiger partial charge < -0.3 is 0 Å². The van der Waals surface area contributed by atoms with Gasteiger partial charge in [0.2, 0.25) is 0 Å². The number of benzene rings is 1. The summed E-state index contributed by atoms with van der Waals surface area (Å²) in [5.74, 6) is 0. The topological polar surface area (TPSA) is 0 Å². The van der Waals surface area contributed by atoms with Crippen molar-refractivity contribution >= 4 is 0 Å². The van der Waals surface area contributed by atoms with Crippen LogP contribution in [0, 0.1) is 6.92 Å². The third-order valence-electron chi connectivity index (χ3n) is 2.29. The van der Waals surface area contributed by atoms with Crippen LogP contribution < -0.4 is 0 Å². The second kappa shape index (κ2) is 4.27. The normalized spacial score (nSPS) is 10.1. The van der Waals surface area contributed by atoms with Crippen LogP contribution in [0.3, 0.4) is 0 Å². The van der Waals surface area contributed by atoms with Gasteiger partial charge in [0.25, 0.3) is 0 Å². The maximum atomic E-state index is 3.92. The molecule has 0 fully saturated rings. The van der Waals surface area contributed by atoms with E-state index in [1.807, 2.05) is 0 Å². The first-order chi connectivity index (χ1) is 6.13. The van der Waals surface area contributed by atoms with Gasteiger partial charge in [0, 0.05) is 0 Å². The Hall–Kier alpha value is -1.04. The zero-order valence-corrected chi connectivity index (χ0v) is 8.85. The van der Waals surface area contributed by atoms with Gasteiger partial charge in [-0.3, -0.25) is 0 Å². The molecule has 0 heteroatoms. The minimum atomic E-state index is 1.00. The number of hydrogen-bond donors (Lipinski definition) is 0. The zero-order chi connectivity index (χ0) is 9.84. The molecule has 13 heavy (non-hydrogen) atoms. The first-order valence-corrected chi connectivity index (χ1v) is 4.86. The van der Waals surface area contributed by atoms with Crippen molar-refractivity contribution in [3.63, 3.8) is 0 Å². The molecule has 0 aromatic heterocycles. The summed E-state index contributed by atoms with van der Waals surface area (Å²) >= 11 is 0. The zero-order valence-electron chi connectivity index (χ0n) is 8.85. The second-order valence-corrected chi connectivity index (χ2v) is 3.75. The van der Waals surface area contributed by atoms with Crippen molar-refractivity contribution in [1.29, 1.82) is 0 Å². The third-order valence-corrected chi connectivity index (χ3v) is 2.29. The molecule has 1 aromatic carbocycles. The molecule has 70 valence electrons. The van der Waals surface area contributed by atoms with Gasteiger partial charge in [0.05, 0.1) is 0 Å². The molecule has 0 bridgehead atoms. The third kappa shape index (κ3) is 2.73. The Bertz CT molecular complexity index is 308. The van der Waals surface area contributed by atoms with Crippen molar-refractivity contribution in [3.05, 3.63) is 47.0 Å². The number of allylic oxidation sites excluding steroid dienone is 1. The molecular weight excluding hydrogens is 156 g/mol. The fraction of sp³-hybridized carbons (Fsp3) is 0.385. The van der Waals surface area contributed by atoms with Gasteiger partial charge in [-0.05, 0) is 43.4 Å². The second-order valence-electron chi connectivity index (χ2n) is 3.75. The molecule has 1 rings (SSSR count). The highest BCUT2D eigenvalue weighted by Gasteiger charge is 1.98. The number of rotatable bonds is 3. The molecule has 0 aliphatic rings. The molecule has 0 unspecified atom stereocenters. The van der Waals surface area contributed by atoms with Gasteiger partial charge in [-0.25, -0.2) is 0 Å². The molecule has 0 N–H and O–H groups in total. The van der Waals surface area contributed by atoms with Crippen molar-refractivity contribution in [1.82, 2.24) is 0 Å². The molecule has 0 atom stereocenters. The van der Waals surface area contributed by atoms with Gasteiger partial charge in [-0.1, -0.05) is 37.3 Å². The largest absolute Gasteiger partial charge is 0.0998 e. The molecule has 0 saturated carbocycles. The minimum Gasteiger partial charge on any atom is -0.0998 e. The van der Waals surface area contributed by atoms with Crippen molar-refractivity contribution in [2.24, 2.45) is 0 Å². The van der Waals surface area contributed by atoms with E-state index < -0.39 is 0 Å². The molecule has 0 spiro atoms. The predicted molar refractivity (Wildman–Crippen MR) is 59.1 cm³/mol. The molecule has 0 saturated heterocycles. The van der Waals surface area contributed by atoms with E-state index >= 15 is 0 Å². The monoisotopic (exact) mass is 174 g/mol. The van der Waals surface area contributed by atoms with Crippen LogP contribution in [0.2, 0.25) is 0 Å². The molecule has 1 aromatic rings. The Morgan fingerprint density at radius 3 is 2.54 bits per heavy atom. The maximum Gasteiger partial charge on any atom is -0.00725 e. The molecular formula is C13H18. The number of hydrogen-bond acceptors (Lipinski definition) is 0. The summed E-state index contributed by atoms with van der Waals surface area (Å²) in [4.78, 5) is 0. The number of aryl methyl sites for hydroxylation is 2. The van der Waals surface area contributed by atoms with Gasteiger partial charge in [0.15, 0.2) is 0 Å². The molecule has 0 aliphatic heterocycles. The Kier molecular flexibility index (Phi) is 3.30. The van der Waals surface area contributed by atoms with E-state index in [9.17, 15) is 0 Å². The smallest absolute Gasteiger partial charge is 0.00725 e. The lowest BCUT2D eigenvalue weighted by Crippen LogP contribution is -1.91. The molecule has 0 nitrogen and oxygen atoms in total. The SMILES string of the molecule is C=C(C)Cc1ccc(CC)c(C)c1. The van der Waals surface area contributed by atoms with Gasteiger partial charge in [-0.15, -0.1) is 0 Å². The lowest BCUT2D eigenvalue weighted by atomic mass is 10.00. The summed E-state index contributed by atoms with van der Waals surface area (Å²) in [6, 6.07) is 6.71. The van der Waals surface area contributed by atoms with Crippen molar-refractivity contribution in [2.75, 3.05) is 0 Å². The first-order valence-electron chi connectivity index (χ1n) is 4.86. The van der Waals surface area contributed by atoms with Crippen molar-refractivity contribution in [3.8, 4) is 0 Å². The molecule has 0 radical (unpaired) electrons. The first kappa shape index (κ1) is 10.0. The molecule has 0 heterocycles. The average molecular weight is 174 g/mol. The fourth-order valence-electron chi connectivity index (χ4n) is 1.61. The summed E-state index contributed by atoms with van der Waals surface area (Å²) in [7, 11) is 0. The van der Waals surface area contributed by atoms with E-state index in [1.165, 1.54) is 22.3 Å². The Balaban J connectivity index is 2.89. The van der Waals surface area contributed by atoms with Crippen molar-refractivity contribution < 1.29 is 0 Å². The highest BCUT2D eigenvalue weighted by atomic mass is 14.0. The highest BCUT2D eigenvalue weighted by molar-refractivity contribution is 5.32. The van der Waals surface area contributed by atoms with Crippen molar-refractivity contribution in [2.45, 2.75) is 33.6 Å². The van der Waals surface area contributed by atoms with E-state index in [0.29, 0.717) is 0 Å². The summed E-state index contributed by atoms with van der Waals surface area (Å²) in [5, 5.41) is 0. The van der Waals surface area contributed by atoms with Crippen LogP contribution in [-0.4, -0.2) is 0 Å². The summed E-state index contributed by atoms with van der Waals surface area (Å²) in [6.45, 7) is 10.4.